The van der Waals surface area contributed by atoms with E-state index in [2.05, 4.69) is 28.2 Å². The van der Waals surface area contributed by atoms with E-state index in [4.69, 9.17) is 15.7 Å². The van der Waals surface area contributed by atoms with Gasteiger partial charge in [-0.05, 0) is 84.5 Å². The summed E-state index contributed by atoms with van der Waals surface area (Å²) in [6, 6.07) is 22.4. The van der Waals surface area contributed by atoms with Gasteiger partial charge in [-0.2, -0.15) is 0 Å². The number of hydrogen-bond donors (Lipinski definition) is 3. The van der Waals surface area contributed by atoms with Crippen LogP contribution in [0.3, 0.4) is 0 Å². The number of nitrogens with zero attached hydrogens (tertiary/aromatic N) is 2. The van der Waals surface area contributed by atoms with Crippen molar-refractivity contribution in [3.05, 3.63) is 89.5 Å². The van der Waals surface area contributed by atoms with Crippen molar-refractivity contribution in [3.63, 3.8) is 0 Å². The molecule has 2 aliphatic heterocycles. The quantitative estimate of drug-likeness (QED) is 0.212. The van der Waals surface area contributed by atoms with E-state index in [1.54, 1.807) is 0 Å². The minimum atomic E-state index is 0. The van der Waals surface area contributed by atoms with E-state index in [1.165, 1.54) is 0 Å². The zero-order valence-electron chi connectivity index (χ0n) is 17.0. The predicted octanol–water partition coefficient (Wildman–Crippen LogP) is 5.90. The van der Waals surface area contributed by atoms with Gasteiger partial charge < -0.3 is 15.7 Å². The van der Waals surface area contributed by atoms with Crippen molar-refractivity contribution in [3.8, 4) is 11.1 Å². The first kappa shape index (κ1) is 20.1. The molecule has 6 heteroatoms. The molecule has 0 fully saturated rings. The Labute approximate surface area is 195 Å². The Balaban J connectivity index is 0.00000216. The summed E-state index contributed by atoms with van der Waals surface area (Å²) in [6.45, 7) is 0. The number of aromatic amines is 2. The summed E-state index contributed by atoms with van der Waals surface area (Å²) in [4.78, 5) is 16.4. The third-order valence-corrected chi connectivity index (χ3v) is 5.39. The molecule has 0 spiro atoms. The molecule has 4 N–H and O–H groups in total. The van der Waals surface area contributed by atoms with E-state index < -0.39 is 0 Å². The fraction of sp³-hybridized carbons (Fsp3) is 0. The van der Waals surface area contributed by atoms with Crippen LogP contribution in [-0.4, -0.2) is 19.9 Å². The smallest absolute Gasteiger partial charge is 0.0658 e. The summed E-state index contributed by atoms with van der Waals surface area (Å²) in [5.41, 5.74) is 16.4. The fourth-order valence-corrected chi connectivity index (χ4v) is 3.92. The molecule has 5 nitrogen and oxygen atoms in total. The topological polar surface area (TPSA) is 83.4 Å². The standard InChI is InChI=1S/C26H19N5.Fe/c27-17-3-1-16(2-4-17)25-14-24-13-22-8-7-20(29-22)11-18-5-6-19(28-18)12-21-9-10-23(30-21)15-26(25)31-24;/h1-15,28,31H,27H2;. The monoisotopic (exact) mass is 457 g/mol. The van der Waals surface area contributed by atoms with E-state index in [9.17, 15) is 0 Å². The first-order valence-corrected chi connectivity index (χ1v) is 10.1. The van der Waals surface area contributed by atoms with Gasteiger partial charge in [0.05, 0.1) is 22.8 Å². The van der Waals surface area contributed by atoms with Gasteiger partial charge in [0, 0.05) is 50.4 Å². The Kier molecular flexibility index (Phi) is 5.02. The number of benzene rings is 1. The van der Waals surface area contributed by atoms with Gasteiger partial charge in [0.25, 0.3) is 0 Å². The van der Waals surface area contributed by atoms with Crippen LogP contribution in [0.25, 0.3) is 57.5 Å². The van der Waals surface area contributed by atoms with Gasteiger partial charge in [0.2, 0.25) is 0 Å². The number of fused-ring (bicyclic) bond motifs is 8. The summed E-state index contributed by atoms with van der Waals surface area (Å²) in [5.74, 6) is 0. The van der Waals surface area contributed by atoms with Crippen molar-refractivity contribution < 1.29 is 17.1 Å². The van der Waals surface area contributed by atoms with Crippen molar-refractivity contribution in [1.82, 2.24) is 19.9 Å². The van der Waals surface area contributed by atoms with Crippen LogP contribution >= 0.6 is 0 Å². The average Bonchev–Trinajstić information content (AvgIpc) is 3.54. The second-order valence-corrected chi connectivity index (χ2v) is 7.71. The molecule has 0 unspecified atom stereocenters. The van der Waals surface area contributed by atoms with Crippen molar-refractivity contribution >= 4 is 52.1 Å². The average molecular weight is 457 g/mol. The minimum Gasteiger partial charge on any atom is -0.399 e. The molecule has 6 rings (SSSR count). The number of aromatic nitrogens is 4. The molecular weight excluding hydrogens is 438 g/mol. The predicted molar refractivity (Wildman–Crippen MR) is 129 cm³/mol. The van der Waals surface area contributed by atoms with E-state index in [-0.39, 0.29) is 17.1 Å². The molecule has 0 amide bonds. The van der Waals surface area contributed by atoms with Crippen LogP contribution in [-0.2, 0) is 17.1 Å². The van der Waals surface area contributed by atoms with E-state index >= 15 is 0 Å². The zero-order chi connectivity index (χ0) is 20.8. The van der Waals surface area contributed by atoms with Gasteiger partial charge in [-0.1, -0.05) is 12.1 Å². The number of nitrogens with two attached hydrogens (primary N) is 1. The Hall–Kier alpha value is -3.86. The molecule has 0 aliphatic carbocycles. The molecule has 1 aromatic carbocycles. The maximum absolute atomic E-state index is 5.89. The van der Waals surface area contributed by atoms with Crippen molar-refractivity contribution in [2.45, 2.75) is 0 Å². The molecular formula is C26H19FeN5. The molecule has 2 aliphatic rings. The molecule has 0 saturated carbocycles. The van der Waals surface area contributed by atoms with Crippen molar-refractivity contribution in [2.24, 2.45) is 0 Å². The largest absolute Gasteiger partial charge is 0.399 e. The molecule has 8 bridgehead atoms. The van der Waals surface area contributed by atoms with Crippen LogP contribution in [0.1, 0.15) is 22.8 Å². The maximum atomic E-state index is 5.89. The van der Waals surface area contributed by atoms with Gasteiger partial charge >= 0.3 is 0 Å². The van der Waals surface area contributed by atoms with Crippen molar-refractivity contribution in [1.29, 1.82) is 0 Å². The number of nitrogens with one attached hydrogen (secondary N) is 2. The van der Waals surface area contributed by atoms with Crippen LogP contribution in [0.15, 0.2) is 66.7 Å². The van der Waals surface area contributed by atoms with Gasteiger partial charge in [-0.3, -0.25) is 0 Å². The van der Waals surface area contributed by atoms with Crippen molar-refractivity contribution in [2.75, 3.05) is 5.73 Å². The molecule has 0 saturated heterocycles. The molecule has 3 aromatic heterocycles. The summed E-state index contributed by atoms with van der Waals surface area (Å²) >= 11 is 0. The molecule has 156 valence electrons. The normalized spacial score (nSPS) is 12.0. The second kappa shape index (κ2) is 8.00. The van der Waals surface area contributed by atoms with E-state index in [0.717, 1.165) is 61.7 Å². The summed E-state index contributed by atoms with van der Waals surface area (Å²) < 4.78 is 0. The third-order valence-electron chi connectivity index (χ3n) is 5.39. The van der Waals surface area contributed by atoms with Gasteiger partial charge in [0.15, 0.2) is 0 Å². The summed E-state index contributed by atoms with van der Waals surface area (Å²) in [6.07, 6.45) is 8.10. The van der Waals surface area contributed by atoms with Gasteiger partial charge in [0.1, 0.15) is 0 Å². The van der Waals surface area contributed by atoms with Crippen LogP contribution in [0, 0.1) is 0 Å². The Morgan fingerprint density at radius 3 is 1.69 bits per heavy atom. The number of nitrogen functional groups attached to an aromatic ring is 1. The third kappa shape index (κ3) is 3.89. The summed E-state index contributed by atoms with van der Waals surface area (Å²) in [7, 11) is 0. The number of rotatable bonds is 1. The fourth-order valence-electron chi connectivity index (χ4n) is 3.92. The van der Waals surface area contributed by atoms with Gasteiger partial charge in [-0.15, -0.1) is 0 Å². The first-order valence-electron chi connectivity index (χ1n) is 10.1. The van der Waals surface area contributed by atoms with Crippen LogP contribution in [0.2, 0.25) is 0 Å². The van der Waals surface area contributed by atoms with Gasteiger partial charge in [-0.25, -0.2) is 9.97 Å². The van der Waals surface area contributed by atoms with Crippen LogP contribution < -0.4 is 5.73 Å². The summed E-state index contributed by atoms with van der Waals surface area (Å²) in [5, 5.41) is 0. The Morgan fingerprint density at radius 1 is 0.562 bits per heavy atom. The number of H-pyrrole nitrogens is 2. The van der Waals surface area contributed by atoms with Crippen LogP contribution in [0.5, 0.6) is 0 Å². The molecule has 32 heavy (non-hydrogen) atoms. The first-order chi connectivity index (χ1) is 15.2. The SMILES string of the molecule is Nc1ccc(-c2cc3cc4nc(cc5ccc(cc6nc(cc2[nH]3)C=C6)[nH]5)C=C4)cc1.[Fe]. The molecule has 0 radical (unpaired) electrons. The number of hydrogen-bond acceptors (Lipinski definition) is 3. The Bertz CT molecular complexity index is 1540. The molecule has 5 heterocycles. The second-order valence-electron chi connectivity index (χ2n) is 7.71. The molecule has 0 atom stereocenters. The van der Waals surface area contributed by atoms with E-state index in [0.29, 0.717) is 0 Å². The minimum absolute atomic E-state index is 0. The number of anilines is 1. The van der Waals surface area contributed by atoms with Crippen LogP contribution in [0.4, 0.5) is 5.69 Å². The van der Waals surface area contributed by atoms with E-state index in [1.807, 2.05) is 72.8 Å². The molecule has 4 aromatic rings. The maximum Gasteiger partial charge on any atom is 0.0658 e. The Morgan fingerprint density at radius 2 is 1.09 bits per heavy atom. The zero-order valence-corrected chi connectivity index (χ0v) is 18.1.